The van der Waals surface area contributed by atoms with Gasteiger partial charge in [-0.1, -0.05) is 6.92 Å². The summed E-state index contributed by atoms with van der Waals surface area (Å²) in [6, 6.07) is 0.0246. The van der Waals surface area contributed by atoms with E-state index in [1.807, 2.05) is 6.92 Å². The Bertz CT molecular complexity index is 134. The van der Waals surface area contributed by atoms with Crippen molar-refractivity contribution in [3.8, 4) is 0 Å². The fourth-order valence-electron chi connectivity index (χ4n) is 1.65. The fraction of sp³-hybridized carbons (Fsp3) is 1.00. The molecular formula is C8H24N2O3Si. The molecule has 14 heavy (non-hydrogen) atoms. The second kappa shape index (κ2) is 7.33. The van der Waals surface area contributed by atoms with Crippen LogP contribution in [0.25, 0.3) is 0 Å². The maximum atomic E-state index is 5.85. The zero-order valence-electron chi connectivity index (χ0n) is 9.87. The van der Waals surface area contributed by atoms with Crippen molar-refractivity contribution >= 4 is 8.80 Å². The topological polar surface area (TPSA) is 88.7 Å². The molecule has 0 aromatic carbocycles. The second-order valence-corrected chi connectivity index (χ2v) is 6.26. The summed E-state index contributed by atoms with van der Waals surface area (Å²) in [5.74, 6) is 0. The minimum atomic E-state index is -2.53. The van der Waals surface area contributed by atoms with Gasteiger partial charge in [-0.05, 0) is 13.3 Å². The van der Waals surface area contributed by atoms with Gasteiger partial charge >= 0.3 is 8.80 Å². The normalized spacial score (nSPS) is 15.9. The molecule has 0 saturated carbocycles. The van der Waals surface area contributed by atoms with Crippen LogP contribution in [0.3, 0.4) is 0 Å². The highest BCUT2D eigenvalue weighted by molar-refractivity contribution is 6.62. The van der Waals surface area contributed by atoms with E-state index in [2.05, 4.69) is 6.92 Å². The average Bonchev–Trinajstić information content (AvgIpc) is 2.13. The van der Waals surface area contributed by atoms with Gasteiger partial charge in [0.05, 0.1) is 0 Å². The standard InChI is InChI=1S/C8H21NO3Si.H3N/c1-6-8(7(2)9)13(10-3,11-4)12-5;/h7-8H,6,9H2,1-5H3;1H3. The lowest BCUT2D eigenvalue weighted by atomic mass is 10.2. The minimum Gasteiger partial charge on any atom is -0.377 e. The van der Waals surface area contributed by atoms with Crippen LogP contribution in [0, 0.1) is 0 Å². The van der Waals surface area contributed by atoms with Gasteiger partial charge in [0.25, 0.3) is 0 Å². The SMILES string of the molecule is CCC(C(C)N)[Si](OC)(OC)OC.N. The Hall–Kier alpha value is 0.0169. The van der Waals surface area contributed by atoms with Gasteiger partial charge in [-0.15, -0.1) is 0 Å². The Labute approximate surface area is 87.9 Å². The predicted octanol–water partition coefficient (Wildman–Crippen LogP) is 1.15. The molecule has 0 radical (unpaired) electrons. The van der Waals surface area contributed by atoms with Gasteiger partial charge in [0.1, 0.15) is 0 Å². The number of rotatable bonds is 6. The third-order valence-corrected chi connectivity index (χ3v) is 5.93. The molecule has 0 fully saturated rings. The Morgan fingerprint density at radius 2 is 1.50 bits per heavy atom. The Morgan fingerprint density at radius 3 is 1.57 bits per heavy atom. The monoisotopic (exact) mass is 224 g/mol. The van der Waals surface area contributed by atoms with Gasteiger partial charge < -0.3 is 25.2 Å². The van der Waals surface area contributed by atoms with Crippen molar-refractivity contribution in [3.05, 3.63) is 0 Å². The van der Waals surface area contributed by atoms with Crippen LogP contribution in [0.5, 0.6) is 0 Å². The van der Waals surface area contributed by atoms with Crippen LogP contribution in [0.2, 0.25) is 5.54 Å². The van der Waals surface area contributed by atoms with Crippen molar-refractivity contribution < 1.29 is 13.3 Å². The van der Waals surface area contributed by atoms with Gasteiger partial charge in [-0.2, -0.15) is 0 Å². The first-order chi connectivity index (χ1) is 6.07. The van der Waals surface area contributed by atoms with Gasteiger partial charge in [0.15, 0.2) is 0 Å². The van der Waals surface area contributed by atoms with Gasteiger partial charge in [-0.3, -0.25) is 0 Å². The maximum absolute atomic E-state index is 5.85. The van der Waals surface area contributed by atoms with E-state index in [-0.39, 0.29) is 17.7 Å². The first-order valence-corrected chi connectivity index (χ1v) is 6.29. The number of nitrogens with two attached hydrogens (primary N) is 1. The zero-order chi connectivity index (χ0) is 10.5. The van der Waals surface area contributed by atoms with Crippen molar-refractivity contribution in [2.24, 2.45) is 5.73 Å². The zero-order valence-corrected chi connectivity index (χ0v) is 10.9. The van der Waals surface area contributed by atoms with Crippen LogP contribution in [-0.2, 0) is 13.3 Å². The fourth-order valence-corrected chi connectivity index (χ4v) is 4.20. The van der Waals surface area contributed by atoms with Crippen molar-refractivity contribution in [1.29, 1.82) is 0 Å². The Kier molecular flexibility index (Phi) is 8.61. The number of hydrogen-bond acceptors (Lipinski definition) is 5. The predicted molar refractivity (Wildman–Crippen MR) is 59.5 cm³/mol. The van der Waals surface area contributed by atoms with E-state index in [0.717, 1.165) is 6.42 Å². The largest absolute Gasteiger partial charge is 0.504 e. The molecule has 0 aromatic rings. The van der Waals surface area contributed by atoms with Gasteiger partial charge in [0, 0.05) is 32.9 Å². The molecule has 0 bridgehead atoms. The molecule has 0 amide bonds. The molecule has 5 N–H and O–H groups in total. The van der Waals surface area contributed by atoms with Gasteiger partial charge in [0.2, 0.25) is 0 Å². The molecule has 0 aromatic heterocycles. The van der Waals surface area contributed by atoms with E-state index < -0.39 is 8.80 Å². The summed E-state index contributed by atoms with van der Waals surface area (Å²) in [7, 11) is 2.31. The molecule has 2 unspecified atom stereocenters. The molecule has 0 aliphatic heterocycles. The first kappa shape index (κ1) is 16.4. The summed E-state index contributed by atoms with van der Waals surface area (Å²) in [5, 5.41) is 0. The van der Waals surface area contributed by atoms with Crippen LogP contribution in [0.1, 0.15) is 20.3 Å². The second-order valence-electron chi connectivity index (χ2n) is 3.09. The molecule has 0 rings (SSSR count). The molecule has 0 heterocycles. The first-order valence-electron chi connectivity index (χ1n) is 4.49. The summed E-state index contributed by atoms with van der Waals surface area (Å²) in [6.45, 7) is 4.01. The minimum absolute atomic E-state index is 0. The molecule has 0 spiro atoms. The number of hydrogen-bond donors (Lipinski definition) is 2. The van der Waals surface area contributed by atoms with Gasteiger partial charge in [-0.25, -0.2) is 0 Å². The van der Waals surface area contributed by atoms with Crippen molar-refractivity contribution in [1.82, 2.24) is 6.15 Å². The molecule has 0 saturated heterocycles. The molecule has 2 atom stereocenters. The van der Waals surface area contributed by atoms with Crippen molar-refractivity contribution in [3.63, 3.8) is 0 Å². The molecule has 0 aliphatic rings. The lowest BCUT2D eigenvalue weighted by Gasteiger charge is -2.33. The molecule has 5 nitrogen and oxygen atoms in total. The highest BCUT2D eigenvalue weighted by Gasteiger charge is 2.47. The lowest BCUT2D eigenvalue weighted by molar-refractivity contribution is 0.107. The van der Waals surface area contributed by atoms with E-state index in [4.69, 9.17) is 19.0 Å². The smallest absolute Gasteiger partial charge is 0.377 e. The van der Waals surface area contributed by atoms with E-state index in [1.165, 1.54) is 0 Å². The quantitative estimate of drug-likeness (QED) is 0.661. The van der Waals surface area contributed by atoms with Crippen molar-refractivity contribution in [2.45, 2.75) is 31.9 Å². The third kappa shape index (κ3) is 3.30. The average molecular weight is 224 g/mol. The summed E-state index contributed by atoms with van der Waals surface area (Å²) in [5.41, 5.74) is 6.01. The molecular weight excluding hydrogens is 200 g/mol. The molecule has 0 aliphatic carbocycles. The lowest BCUT2D eigenvalue weighted by Crippen LogP contribution is -2.52. The highest BCUT2D eigenvalue weighted by atomic mass is 28.4. The van der Waals surface area contributed by atoms with E-state index >= 15 is 0 Å². The summed E-state index contributed by atoms with van der Waals surface area (Å²) < 4.78 is 16.1. The summed E-state index contributed by atoms with van der Waals surface area (Å²) >= 11 is 0. The van der Waals surface area contributed by atoms with E-state index in [9.17, 15) is 0 Å². The summed E-state index contributed by atoms with van der Waals surface area (Å²) in [6.07, 6.45) is 0.902. The van der Waals surface area contributed by atoms with Crippen LogP contribution in [0.15, 0.2) is 0 Å². The maximum Gasteiger partial charge on any atom is 0.504 e. The van der Waals surface area contributed by atoms with Crippen molar-refractivity contribution in [2.75, 3.05) is 21.3 Å². The summed E-state index contributed by atoms with van der Waals surface area (Å²) in [4.78, 5) is 0. The van der Waals surface area contributed by atoms with Crippen LogP contribution in [0.4, 0.5) is 0 Å². The van der Waals surface area contributed by atoms with Crippen LogP contribution in [-0.4, -0.2) is 36.2 Å². The van der Waals surface area contributed by atoms with Crippen LogP contribution >= 0.6 is 0 Å². The molecule has 6 heteroatoms. The van der Waals surface area contributed by atoms with E-state index in [0.29, 0.717) is 0 Å². The highest BCUT2D eigenvalue weighted by Crippen LogP contribution is 2.29. The third-order valence-electron chi connectivity index (χ3n) is 2.38. The Morgan fingerprint density at radius 1 is 1.14 bits per heavy atom. The van der Waals surface area contributed by atoms with Crippen LogP contribution < -0.4 is 11.9 Å². The van der Waals surface area contributed by atoms with E-state index in [1.54, 1.807) is 21.3 Å². The Balaban J connectivity index is 0. The molecule has 88 valence electrons.